The molecule has 0 aliphatic carbocycles. The van der Waals surface area contributed by atoms with E-state index < -0.39 is 24.5 Å². The number of imide groups is 1. The van der Waals surface area contributed by atoms with Gasteiger partial charge in [0, 0.05) is 6.42 Å². The Morgan fingerprint density at radius 3 is 1.97 bits per heavy atom. The van der Waals surface area contributed by atoms with Gasteiger partial charge in [-0.2, -0.15) is 0 Å². The summed E-state index contributed by atoms with van der Waals surface area (Å²) in [6.45, 7) is 11.5. The van der Waals surface area contributed by atoms with E-state index in [1.165, 1.54) is 7.11 Å². The van der Waals surface area contributed by atoms with Crippen molar-refractivity contribution in [3.05, 3.63) is 28.8 Å². The van der Waals surface area contributed by atoms with Gasteiger partial charge in [-0.3, -0.25) is 19.7 Å². The summed E-state index contributed by atoms with van der Waals surface area (Å²) in [5, 5.41) is 12.7. The first-order chi connectivity index (χ1) is 13.3. The van der Waals surface area contributed by atoms with Crippen molar-refractivity contribution in [3.8, 4) is 5.75 Å². The second-order valence-corrected chi connectivity index (χ2v) is 8.88. The van der Waals surface area contributed by atoms with E-state index in [-0.39, 0.29) is 23.0 Å². The van der Waals surface area contributed by atoms with Crippen molar-refractivity contribution in [1.29, 1.82) is 0 Å². The monoisotopic (exact) mass is 408 g/mol. The van der Waals surface area contributed by atoms with Crippen molar-refractivity contribution in [3.63, 3.8) is 0 Å². The number of benzene rings is 1. The SMILES string of the molecule is CONC(=O)NC(=O)COC(=O)CCc1cc(C(C)(C)C)c(O)c(C(C)(C)C)c1. The number of esters is 1. The predicted octanol–water partition coefficient (Wildman–Crippen LogP) is 2.85. The van der Waals surface area contributed by atoms with E-state index >= 15 is 0 Å². The molecule has 0 aliphatic heterocycles. The van der Waals surface area contributed by atoms with E-state index in [4.69, 9.17) is 4.74 Å². The first kappa shape index (κ1) is 24.4. The Morgan fingerprint density at radius 1 is 1.00 bits per heavy atom. The van der Waals surface area contributed by atoms with E-state index in [0.717, 1.165) is 16.7 Å². The molecule has 8 heteroatoms. The minimum atomic E-state index is -0.845. The first-order valence-corrected chi connectivity index (χ1v) is 9.41. The molecule has 0 atom stereocenters. The maximum Gasteiger partial charge on any atom is 0.345 e. The summed E-state index contributed by atoms with van der Waals surface area (Å²) in [6, 6.07) is 2.96. The van der Waals surface area contributed by atoms with Crippen molar-refractivity contribution in [2.24, 2.45) is 0 Å². The lowest BCUT2D eigenvalue weighted by atomic mass is 9.78. The second-order valence-electron chi connectivity index (χ2n) is 8.88. The number of rotatable bonds is 6. The zero-order valence-electron chi connectivity index (χ0n) is 18.3. The van der Waals surface area contributed by atoms with Crippen molar-refractivity contribution in [2.45, 2.75) is 65.2 Å². The van der Waals surface area contributed by atoms with Gasteiger partial charge in [0.2, 0.25) is 0 Å². The van der Waals surface area contributed by atoms with Crippen LogP contribution in [0.5, 0.6) is 5.75 Å². The van der Waals surface area contributed by atoms with Crippen LogP contribution < -0.4 is 10.8 Å². The van der Waals surface area contributed by atoms with Gasteiger partial charge in [0.15, 0.2) is 6.61 Å². The average Bonchev–Trinajstić information content (AvgIpc) is 2.57. The van der Waals surface area contributed by atoms with E-state index in [0.29, 0.717) is 6.42 Å². The number of phenols is 1. The van der Waals surface area contributed by atoms with E-state index in [1.807, 2.05) is 64.5 Å². The molecule has 0 radical (unpaired) electrons. The largest absolute Gasteiger partial charge is 0.507 e. The maximum absolute atomic E-state index is 12.0. The number of urea groups is 1. The van der Waals surface area contributed by atoms with Gasteiger partial charge in [0.1, 0.15) is 5.75 Å². The lowest BCUT2D eigenvalue weighted by molar-refractivity contribution is -0.148. The molecule has 8 nitrogen and oxygen atoms in total. The minimum Gasteiger partial charge on any atom is -0.507 e. The number of hydroxylamine groups is 1. The lowest BCUT2D eigenvalue weighted by Gasteiger charge is -2.28. The summed E-state index contributed by atoms with van der Waals surface area (Å²) >= 11 is 0. The number of amides is 3. The third-order valence-electron chi connectivity index (χ3n) is 4.22. The van der Waals surface area contributed by atoms with Crippen molar-refractivity contribution in [1.82, 2.24) is 10.8 Å². The Hall–Kier alpha value is -2.61. The number of hydrogen-bond acceptors (Lipinski definition) is 6. The molecule has 0 bridgehead atoms. The highest BCUT2D eigenvalue weighted by Crippen LogP contribution is 2.39. The van der Waals surface area contributed by atoms with E-state index in [9.17, 15) is 19.5 Å². The number of phenolic OH excluding ortho intramolecular Hbond substituents is 1. The number of aryl methyl sites for hydroxylation is 1. The highest BCUT2D eigenvalue weighted by molar-refractivity contribution is 5.95. The molecule has 0 heterocycles. The van der Waals surface area contributed by atoms with Crippen LogP contribution in [0.4, 0.5) is 4.79 Å². The van der Waals surface area contributed by atoms with Crippen molar-refractivity contribution in [2.75, 3.05) is 13.7 Å². The molecule has 0 fully saturated rings. The molecule has 0 aromatic heterocycles. The van der Waals surface area contributed by atoms with Crippen LogP contribution >= 0.6 is 0 Å². The van der Waals surface area contributed by atoms with Crippen LogP contribution in [0.25, 0.3) is 0 Å². The third kappa shape index (κ3) is 7.73. The smallest absolute Gasteiger partial charge is 0.345 e. The van der Waals surface area contributed by atoms with Crippen LogP contribution in [-0.4, -0.2) is 36.7 Å². The molecule has 29 heavy (non-hydrogen) atoms. The standard InChI is InChI=1S/C21H32N2O6/c1-20(2,3)14-10-13(11-15(18(14)26)21(4,5)6)8-9-17(25)29-12-16(24)22-19(27)23-28-7/h10-11,26H,8-9,12H2,1-7H3,(H2,22,23,24,27). The molecule has 0 saturated heterocycles. The minimum absolute atomic E-state index is 0.0650. The maximum atomic E-state index is 12.0. The molecular weight excluding hydrogens is 376 g/mol. The number of carbonyl (C=O) groups is 3. The van der Waals surface area contributed by atoms with Gasteiger partial charge in [-0.25, -0.2) is 10.3 Å². The molecule has 162 valence electrons. The number of aromatic hydroxyl groups is 1. The zero-order chi connectivity index (χ0) is 22.4. The number of hydrogen-bond donors (Lipinski definition) is 3. The summed E-state index contributed by atoms with van der Waals surface area (Å²) in [5.74, 6) is -1.04. The van der Waals surface area contributed by atoms with Crippen LogP contribution in [0.1, 0.15) is 64.7 Å². The molecule has 0 saturated carbocycles. The van der Waals surface area contributed by atoms with Gasteiger partial charge in [-0.05, 0) is 33.9 Å². The molecule has 0 spiro atoms. The summed E-state index contributed by atoms with van der Waals surface area (Å²) in [4.78, 5) is 39.0. The molecular formula is C21H32N2O6. The van der Waals surface area contributed by atoms with Crippen LogP contribution in [-0.2, 0) is 36.4 Å². The molecule has 0 aliphatic rings. The highest BCUT2D eigenvalue weighted by atomic mass is 16.6. The number of ether oxygens (including phenoxy) is 1. The third-order valence-corrected chi connectivity index (χ3v) is 4.22. The Balaban J connectivity index is 2.80. The van der Waals surface area contributed by atoms with Crippen molar-refractivity contribution < 1.29 is 29.1 Å². The summed E-state index contributed by atoms with van der Waals surface area (Å²) in [7, 11) is 1.23. The normalized spacial score (nSPS) is 11.7. The second kappa shape index (κ2) is 9.73. The topological polar surface area (TPSA) is 114 Å². The fourth-order valence-electron chi connectivity index (χ4n) is 2.73. The van der Waals surface area contributed by atoms with Gasteiger partial charge < -0.3 is 9.84 Å². The molecule has 0 unspecified atom stereocenters. The molecule has 1 aromatic carbocycles. The molecule has 1 aromatic rings. The van der Waals surface area contributed by atoms with Crippen molar-refractivity contribution >= 4 is 17.9 Å². The molecule has 3 amide bonds. The molecule has 1 rings (SSSR count). The van der Waals surface area contributed by atoms with Crippen LogP contribution in [0, 0.1) is 0 Å². The fraction of sp³-hybridized carbons (Fsp3) is 0.571. The van der Waals surface area contributed by atoms with Gasteiger partial charge >= 0.3 is 12.0 Å². The average molecular weight is 408 g/mol. The zero-order valence-corrected chi connectivity index (χ0v) is 18.3. The Morgan fingerprint density at radius 2 is 1.52 bits per heavy atom. The number of nitrogens with one attached hydrogen (secondary N) is 2. The Labute approximate surface area is 171 Å². The van der Waals surface area contributed by atoms with Gasteiger partial charge in [0.05, 0.1) is 7.11 Å². The summed E-state index contributed by atoms with van der Waals surface area (Å²) in [6.07, 6.45) is 0.465. The van der Waals surface area contributed by atoms with Gasteiger partial charge in [0.25, 0.3) is 5.91 Å². The number of carbonyl (C=O) groups excluding carboxylic acids is 3. The predicted molar refractivity (Wildman–Crippen MR) is 108 cm³/mol. The summed E-state index contributed by atoms with van der Waals surface area (Å²) in [5.41, 5.74) is 3.93. The molecule has 3 N–H and O–H groups in total. The quantitative estimate of drug-likeness (QED) is 0.493. The lowest BCUT2D eigenvalue weighted by Crippen LogP contribution is -2.40. The fourth-order valence-corrected chi connectivity index (χ4v) is 2.73. The van der Waals surface area contributed by atoms with Crippen LogP contribution in [0.15, 0.2) is 12.1 Å². The first-order valence-electron chi connectivity index (χ1n) is 9.41. The van der Waals surface area contributed by atoms with Gasteiger partial charge in [-0.15, -0.1) is 0 Å². The van der Waals surface area contributed by atoms with Crippen LogP contribution in [0.2, 0.25) is 0 Å². The Kier molecular flexibility index (Phi) is 8.20. The Bertz CT molecular complexity index is 724. The van der Waals surface area contributed by atoms with Crippen LogP contribution in [0.3, 0.4) is 0 Å². The highest BCUT2D eigenvalue weighted by Gasteiger charge is 2.26. The van der Waals surface area contributed by atoms with E-state index in [2.05, 4.69) is 4.84 Å². The van der Waals surface area contributed by atoms with E-state index in [1.54, 1.807) is 0 Å². The van der Waals surface area contributed by atoms with Gasteiger partial charge in [-0.1, -0.05) is 53.7 Å². The summed E-state index contributed by atoms with van der Waals surface area (Å²) < 4.78 is 4.90.